The molecule has 1 atom stereocenters. The predicted molar refractivity (Wildman–Crippen MR) is 71.9 cm³/mol. The average Bonchev–Trinajstić information content (AvgIpc) is 2.42. The van der Waals surface area contributed by atoms with E-state index in [-0.39, 0.29) is 22.9 Å². The molecular weight excluding hydrogens is 261 g/mol. The van der Waals surface area contributed by atoms with Gasteiger partial charge in [0.15, 0.2) is 0 Å². The fraction of sp³-hybridized carbons (Fsp3) is 0.357. The van der Waals surface area contributed by atoms with Crippen LogP contribution in [0.2, 0.25) is 0 Å². The molecule has 1 aliphatic rings. The third-order valence-corrected chi connectivity index (χ3v) is 3.76. The summed E-state index contributed by atoms with van der Waals surface area (Å²) in [5.74, 6) is -0.496. The summed E-state index contributed by atoms with van der Waals surface area (Å²) < 4.78 is 15.3. The van der Waals surface area contributed by atoms with Crippen molar-refractivity contribution in [2.75, 3.05) is 13.6 Å². The van der Waals surface area contributed by atoms with E-state index in [1.54, 1.807) is 18.0 Å². The first-order chi connectivity index (χ1) is 9.58. The first kappa shape index (κ1) is 12.8. The van der Waals surface area contributed by atoms with Gasteiger partial charge >= 0.3 is 0 Å². The number of aromatic nitrogens is 2. The summed E-state index contributed by atoms with van der Waals surface area (Å²) in [6.45, 7) is 0.445. The van der Waals surface area contributed by atoms with E-state index in [0.29, 0.717) is 24.9 Å². The fourth-order valence-electron chi connectivity index (χ4n) is 2.62. The Morgan fingerprint density at radius 2 is 2.15 bits per heavy atom. The predicted octanol–water partition coefficient (Wildman–Crippen LogP) is 1.33. The normalized spacial score (nSPS) is 19.6. The molecule has 1 aromatic carbocycles. The highest BCUT2D eigenvalue weighted by Crippen LogP contribution is 2.20. The van der Waals surface area contributed by atoms with Crippen molar-refractivity contribution < 1.29 is 9.18 Å². The monoisotopic (exact) mass is 275 g/mol. The number of carbonyl (C=O) groups excluding carboxylic acids is 1. The molecule has 0 spiro atoms. The molecular formula is C14H14FN3O2. The van der Waals surface area contributed by atoms with Gasteiger partial charge in [-0.25, -0.2) is 9.37 Å². The molecule has 0 radical (unpaired) electrons. The zero-order valence-electron chi connectivity index (χ0n) is 11.0. The van der Waals surface area contributed by atoms with E-state index in [4.69, 9.17) is 0 Å². The van der Waals surface area contributed by atoms with E-state index >= 15 is 0 Å². The molecule has 0 unspecified atom stereocenters. The Balaban J connectivity index is 2.09. The minimum absolute atomic E-state index is 0.00885. The summed E-state index contributed by atoms with van der Waals surface area (Å²) in [5, 5.41) is 0.00885. The van der Waals surface area contributed by atoms with Crippen LogP contribution in [0.5, 0.6) is 0 Å². The number of benzene rings is 1. The molecule has 5 nitrogen and oxygen atoms in total. The van der Waals surface area contributed by atoms with Crippen molar-refractivity contribution in [1.82, 2.24) is 14.5 Å². The van der Waals surface area contributed by atoms with Crippen LogP contribution in [0.1, 0.15) is 18.9 Å². The second kappa shape index (κ2) is 4.70. The second-order valence-corrected chi connectivity index (χ2v) is 5.06. The lowest BCUT2D eigenvalue weighted by Crippen LogP contribution is -2.41. The van der Waals surface area contributed by atoms with E-state index in [1.165, 1.54) is 23.0 Å². The van der Waals surface area contributed by atoms with E-state index in [1.807, 2.05) is 0 Å². The first-order valence-electron chi connectivity index (χ1n) is 6.47. The highest BCUT2D eigenvalue weighted by atomic mass is 19.1. The lowest BCUT2D eigenvalue weighted by atomic mass is 10.1. The number of carbonyl (C=O) groups is 1. The number of nitrogens with zero attached hydrogens (tertiary/aromatic N) is 3. The van der Waals surface area contributed by atoms with Crippen LogP contribution < -0.4 is 5.56 Å². The molecule has 1 fully saturated rings. The van der Waals surface area contributed by atoms with Gasteiger partial charge in [-0.15, -0.1) is 0 Å². The van der Waals surface area contributed by atoms with Crippen molar-refractivity contribution in [3.8, 4) is 0 Å². The largest absolute Gasteiger partial charge is 0.344 e. The van der Waals surface area contributed by atoms with Crippen molar-refractivity contribution in [2.45, 2.75) is 18.9 Å². The third kappa shape index (κ3) is 1.97. The summed E-state index contributed by atoms with van der Waals surface area (Å²) in [6, 6.07) is 4.25. The number of likely N-dealkylation sites (tertiary alicyclic amines) is 1. The fourth-order valence-corrected chi connectivity index (χ4v) is 2.62. The molecule has 104 valence electrons. The molecule has 2 aromatic rings. The molecule has 1 aromatic heterocycles. The van der Waals surface area contributed by atoms with Gasteiger partial charge in [-0.1, -0.05) is 6.07 Å². The average molecular weight is 275 g/mol. The van der Waals surface area contributed by atoms with Crippen molar-refractivity contribution in [1.29, 1.82) is 0 Å². The quantitative estimate of drug-likeness (QED) is 0.789. The highest BCUT2D eigenvalue weighted by Gasteiger charge is 2.25. The molecule has 1 aliphatic heterocycles. The number of amides is 1. The van der Waals surface area contributed by atoms with Gasteiger partial charge in [0.1, 0.15) is 11.2 Å². The molecule has 2 heterocycles. The lowest BCUT2D eigenvalue weighted by Gasteiger charge is -2.30. The topological polar surface area (TPSA) is 55.2 Å². The van der Waals surface area contributed by atoms with Gasteiger partial charge in [0.2, 0.25) is 5.91 Å². The van der Waals surface area contributed by atoms with Crippen molar-refractivity contribution in [3.05, 3.63) is 40.7 Å². The number of piperidine rings is 1. The summed E-state index contributed by atoms with van der Waals surface area (Å²) >= 11 is 0. The number of hydrogen-bond acceptors (Lipinski definition) is 3. The molecule has 3 rings (SSSR count). The van der Waals surface area contributed by atoms with Gasteiger partial charge in [-0.3, -0.25) is 14.2 Å². The molecule has 0 saturated carbocycles. The van der Waals surface area contributed by atoms with E-state index < -0.39 is 5.82 Å². The van der Waals surface area contributed by atoms with Gasteiger partial charge in [0.05, 0.1) is 17.9 Å². The molecule has 1 saturated heterocycles. The smallest absolute Gasteiger partial charge is 0.264 e. The zero-order chi connectivity index (χ0) is 14.3. The summed E-state index contributed by atoms with van der Waals surface area (Å²) in [5.41, 5.74) is -0.0349. The van der Waals surface area contributed by atoms with Gasteiger partial charge in [0, 0.05) is 20.0 Å². The van der Waals surface area contributed by atoms with Gasteiger partial charge < -0.3 is 4.90 Å². The van der Waals surface area contributed by atoms with Crippen molar-refractivity contribution in [2.24, 2.45) is 0 Å². The third-order valence-electron chi connectivity index (χ3n) is 3.76. The second-order valence-electron chi connectivity index (χ2n) is 5.06. The van der Waals surface area contributed by atoms with Crippen LogP contribution in [-0.2, 0) is 4.79 Å². The Morgan fingerprint density at radius 1 is 1.35 bits per heavy atom. The Bertz CT molecular complexity index is 741. The molecule has 6 heteroatoms. The maximum absolute atomic E-state index is 13.8. The highest BCUT2D eigenvalue weighted by molar-refractivity contribution is 5.78. The van der Waals surface area contributed by atoms with Crippen LogP contribution in [0.4, 0.5) is 4.39 Å². The zero-order valence-corrected chi connectivity index (χ0v) is 11.0. The van der Waals surface area contributed by atoms with Crippen LogP contribution in [0.15, 0.2) is 29.3 Å². The maximum Gasteiger partial charge on any atom is 0.264 e. The summed E-state index contributed by atoms with van der Waals surface area (Å²) in [4.78, 5) is 29.6. The Labute approximate surface area is 114 Å². The summed E-state index contributed by atoms with van der Waals surface area (Å²) in [6.07, 6.45) is 2.41. The maximum atomic E-state index is 13.8. The standard InChI is InChI=1S/C14H14FN3O2/c1-17-7-9(5-6-12(17)19)18-8-16-11-4-2-3-10(15)13(11)14(18)20/h2-4,8-9H,5-7H2,1H3/t9-/m0/s1. The van der Waals surface area contributed by atoms with Crippen LogP contribution in [0.25, 0.3) is 10.9 Å². The molecule has 20 heavy (non-hydrogen) atoms. The van der Waals surface area contributed by atoms with E-state index in [2.05, 4.69) is 4.98 Å². The number of hydrogen-bond donors (Lipinski definition) is 0. The molecule has 0 aliphatic carbocycles. The SMILES string of the molecule is CN1C[C@@H](n2cnc3cccc(F)c3c2=O)CCC1=O. The van der Waals surface area contributed by atoms with Gasteiger partial charge in [-0.2, -0.15) is 0 Å². The van der Waals surface area contributed by atoms with Crippen LogP contribution in [-0.4, -0.2) is 34.0 Å². The van der Waals surface area contributed by atoms with E-state index in [0.717, 1.165) is 0 Å². The minimum Gasteiger partial charge on any atom is -0.344 e. The van der Waals surface area contributed by atoms with Crippen LogP contribution in [0.3, 0.4) is 0 Å². The van der Waals surface area contributed by atoms with Crippen molar-refractivity contribution >= 4 is 16.8 Å². The van der Waals surface area contributed by atoms with Gasteiger partial charge in [-0.05, 0) is 18.6 Å². The lowest BCUT2D eigenvalue weighted by molar-refractivity contribution is -0.132. The Morgan fingerprint density at radius 3 is 2.90 bits per heavy atom. The van der Waals surface area contributed by atoms with Gasteiger partial charge in [0.25, 0.3) is 5.56 Å². The first-order valence-corrected chi connectivity index (χ1v) is 6.47. The van der Waals surface area contributed by atoms with E-state index in [9.17, 15) is 14.0 Å². The molecule has 1 amide bonds. The number of likely N-dealkylation sites (N-methyl/N-ethyl adjacent to an activating group) is 1. The Kier molecular flexibility index (Phi) is 3.00. The summed E-state index contributed by atoms with van der Waals surface area (Å²) in [7, 11) is 1.70. The molecule has 0 N–H and O–H groups in total. The van der Waals surface area contributed by atoms with Crippen LogP contribution in [0, 0.1) is 5.82 Å². The number of fused-ring (bicyclic) bond motifs is 1. The molecule has 0 bridgehead atoms. The van der Waals surface area contributed by atoms with Crippen molar-refractivity contribution in [3.63, 3.8) is 0 Å². The number of rotatable bonds is 1. The Hall–Kier alpha value is -2.24. The van der Waals surface area contributed by atoms with Crippen LogP contribution >= 0.6 is 0 Å². The number of halogens is 1. The minimum atomic E-state index is -0.561.